The molecule has 0 unspecified atom stereocenters. The topological polar surface area (TPSA) is 66.4 Å². The van der Waals surface area contributed by atoms with E-state index >= 15 is 0 Å². The van der Waals surface area contributed by atoms with E-state index in [2.05, 4.69) is 5.32 Å². The second kappa shape index (κ2) is 7.20. The number of anilines is 1. The van der Waals surface area contributed by atoms with E-state index in [9.17, 15) is 14.7 Å². The van der Waals surface area contributed by atoms with Crippen LogP contribution in [0.5, 0.6) is 0 Å². The van der Waals surface area contributed by atoms with Crippen LogP contribution in [0.2, 0.25) is 5.02 Å². The van der Waals surface area contributed by atoms with Crippen molar-refractivity contribution < 1.29 is 14.7 Å². The van der Waals surface area contributed by atoms with Crippen molar-refractivity contribution in [1.29, 1.82) is 0 Å². The van der Waals surface area contributed by atoms with Crippen molar-refractivity contribution in [3.8, 4) is 11.1 Å². The molecule has 0 aliphatic heterocycles. The molecule has 0 saturated heterocycles. The summed E-state index contributed by atoms with van der Waals surface area (Å²) in [6.07, 6.45) is 0. The zero-order chi connectivity index (χ0) is 17.8. The van der Waals surface area contributed by atoms with Crippen LogP contribution in [0.25, 0.3) is 11.1 Å². The number of carbonyl (C=O) groups excluding carboxylic acids is 1. The molecule has 0 radical (unpaired) electrons. The molecular weight excluding hydrogens is 338 g/mol. The minimum atomic E-state index is -1.04. The molecule has 0 atom stereocenters. The fraction of sp³-hybridized carbons (Fsp3) is 0. The number of hydrogen-bond acceptors (Lipinski definition) is 2. The molecule has 0 spiro atoms. The lowest BCUT2D eigenvalue weighted by atomic mass is 9.95. The van der Waals surface area contributed by atoms with E-state index in [-0.39, 0.29) is 11.5 Å². The SMILES string of the molecule is O=C(O)c1ccccc1-c1ccccc1C(=O)Nc1cccc(Cl)c1. The number of benzene rings is 3. The second-order valence-corrected chi connectivity index (χ2v) is 5.80. The predicted octanol–water partition coefficient (Wildman–Crippen LogP) is 4.96. The number of halogens is 1. The fourth-order valence-corrected chi connectivity index (χ4v) is 2.78. The van der Waals surface area contributed by atoms with Crippen molar-refractivity contribution in [3.05, 3.63) is 88.9 Å². The normalized spacial score (nSPS) is 10.3. The van der Waals surface area contributed by atoms with E-state index in [0.29, 0.717) is 27.4 Å². The van der Waals surface area contributed by atoms with Crippen molar-refractivity contribution in [2.75, 3.05) is 5.32 Å². The van der Waals surface area contributed by atoms with Crippen LogP contribution in [0.3, 0.4) is 0 Å². The monoisotopic (exact) mass is 351 g/mol. The largest absolute Gasteiger partial charge is 0.478 e. The number of rotatable bonds is 4. The first-order valence-corrected chi connectivity index (χ1v) is 7.92. The number of carbonyl (C=O) groups is 2. The predicted molar refractivity (Wildman–Crippen MR) is 98.2 cm³/mol. The Morgan fingerprint density at radius 2 is 1.40 bits per heavy atom. The molecular formula is C20H14ClNO3. The molecule has 4 nitrogen and oxygen atoms in total. The Balaban J connectivity index is 2.02. The first-order valence-electron chi connectivity index (χ1n) is 7.55. The maximum absolute atomic E-state index is 12.7. The standard InChI is InChI=1S/C20H14ClNO3/c21-13-6-5-7-14(12-13)22-19(23)17-10-3-1-8-15(17)16-9-2-4-11-18(16)20(24)25/h1-12H,(H,22,23)(H,24,25). The molecule has 0 saturated carbocycles. The van der Waals surface area contributed by atoms with Gasteiger partial charge in [0.15, 0.2) is 0 Å². The van der Waals surface area contributed by atoms with E-state index in [4.69, 9.17) is 11.6 Å². The number of carboxylic acids is 1. The van der Waals surface area contributed by atoms with E-state index < -0.39 is 5.97 Å². The van der Waals surface area contributed by atoms with Gasteiger partial charge in [0.05, 0.1) is 5.56 Å². The minimum absolute atomic E-state index is 0.144. The molecule has 0 aliphatic carbocycles. The Labute approximate surface area is 149 Å². The van der Waals surface area contributed by atoms with Crippen LogP contribution in [0.1, 0.15) is 20.7 Å². The lowest BCUT2D eigenvalue weighted by molar-refractivity contribution is 0.0697. The first-order chi connectivity index (χ1) is 12.1. The highest BCUT2D eigenvalue weighted by atomic mass is 35.5. The Hall–Kier alpha value is -3.11. The van der Waals surface area contributed by atoms with Gasteiger partial charge in [-0.2, -0.15) is 0 Å². The molecule has 3 rings (SSSR count). The fourth-order valence-electron chi connectivity index (χ4n) is 2.59. The molecule has 1 amide bonds. The molecule has 3 aromatic rings. The van der Waals surface area contributed by atoms with E-state index in [1.807, 2.05) is 0 Å². The van der Waals surface area contributed by atoms with Gasteiger partial charge in [-0.25, -0.2) is 4.79 Å². The van der Waals surface area contributed by atoms with Gasteiger partial charge in [-0.05, 0) is 41.5 Å². The number of carboxylic acid groups (broad SMARTS) is 1. The molecule has 5 heteroatoms. The van der Waals surface area contributed by atoms with Crippen LogP contribution in [-0.4, -0.2) is 17.0 Å². The summed E-state index contributed by atoms with van der Waals surface area (Å²) in [4.78, 5) is 24.2. The van der Waals surface area contributed by atoms with Crippen LogP contribution in [-0.2, 0) is 0 Å². The van der Waals surface area contributed by atoms with Gasteiger partial charge in [-0.15, -0.1) is 0 Å². The number of nitrogens with one attached hydrogen (secondary N) is 1. The molecule has 124 valence electrons. The number of hydrogen-bond donors (Lipinski definition) is 2. The van der Waals surface area contributed by atoms with Gasteiger partial charge >= 0.3 is 5.97 Å². The van der Waals surface area contributed by atoms with Crippen LogP contribution in [0, 0.1) is 0 Å². The Kier molecular flexibility index (Phi) is 4.82. The number of aromatic carboxylic acids is 1. The summed E-state index contributed by atoms with van der Waals surface area (Å²) in [6.45, 7) is 0. The minimum Gasteiger partial charge on any atom is -0.478 e. The highest BCUT2D eigenvalue weighted by Gasteiger charge is 2.17. The summed E-state index contributed by atoms with van der Waals surface area (Å²) < 4.78 is 0. The van der Waals surface area contributed by atoms with Crippen molar-refractivity contribution in [1.82, 2.24) is 0 Å². The van der Waals surface area contributed by atoms with Crippen molar-refractivity contribution >= 4 is 29.2 Å². The highest BCUT2D eigenvalue weighted by molar-refractivity contribution is 6.31. The molecule has 0 aliphatic rings. The van der Waals surface area contributed by atoms with Crippen LogP contribution < -0.4 is 5.32 Å². The van der Waals surface area contributed by atoms with Crippen LogP contribution >= 0.6 is 11.6 Å². The van der Waals surface area contributed by atoms with Crippen molar-refractivity contribution in [3.63, 3.8) is 0 Å². The maximum Gasteiger partial charge on any atom is 0.336 e. The molecule has 0 aromatic heterocycles. The van der Waals surface area contributed by atoms with E-state index in [0.717, 1.165) is 0 Å². The highest BCUT2D eigenvalue weighted by Crippen LogP contribution is 2.28. The third kappa shape index (κ3) is 3.70. The third-order valence-electron chi connectivity index (χ3n) is 3.70. The molecule has 3 aromatic carbocycles. The number of amides is 1. The van der Waals surface area contributed by atoms with Gasteiger partial charge in [0.25, 0.3) is 5.91 Å². The lowest BCUT2D eigenvalue weighted by Crippen LogP contribution is -2.13. The summed E-state index contributed by atoms with van der Waals surface area (Å²) in [5, 5.41) is 12.7. The van der Waals surface area contributed by atoms with Crippen molar-refractivity contribution in [2.45, 2.75) is 0 Å². The van der Waals surface area contributed by atoms with Gasteiger partial charge in [0.1, 0.15) is 0 Å². The van der Waals surface area contributed by atoms with Crippen LogP contribution in [0.4, 0.5) is 5.69 Å². The van der Waals surface area contributed by atoms with E-state index in [1.54, 1.807) is 66.7 Å². The van der Waals surface area contributed by atoms with Crippen LogP contribution in [0.15, 0.2) is 72.8 Å². The molecule has 0 heterocycles. The van der Waals surface area contributed by atoms with Gasteiger partial charge in [0.2, 0.25) is 0 Å². The van der Waals surface area contributed by atoms with Gasteiger partial charge < -0.3 is 10.4 Å². The van der Waals surface area contributed by atoms with Gasteiger partial charge in [0, 0.05) is 16.3 Å². The Morgan fingerprint density at radius 3 is 2.04 bits per heavy atom. The second-order valence-electron chi connectivity index (χ2n) is 5.36. The Morgan fingerprint density at radius 1 is 0.800 bits per heavy atom. The summed E-state index contributed by atoms with van der Waals surface area (Å²) in [6, 6.07) is 20.3. The molecule has 2 N–H and O–H groups in total. The maximum atomic E-state index is 12.7. The first kappa shape index (κ1) is 16.7. The van der Waals surface area contributed by atoms with Crippen molar-refractivity contribution in [2.24, 2.45) is 0 Å². The summed E-state index contributed by atoms with van der Waals surface area (Å²) in [5.74, 6) is -1.38. The van der Waals surface area contributed by atoms with Gasteiger partial charge in [-0.1, -0.05) is 54.1 Å². The Bertz CT molecular complexity index is 953. The quantitative estimate of drug-likeness (QED) is 0.698. The van der Waals surface area contributed by atoms with Gasteiger partial charge in [-0.3, -0.25) is 4.79 Å². The summed E-state index contributed by atoms with van der Waals surface area (Å²) in [5.41, 5.74) is 2.15. The van der Waals surface area contributed by atoms with E-state index in [1.165, 1.54) is 6.07 Å². The smallest absolute Gasteiger partial charge is 0.336 e. The zero-order valence-electron chi connectivity index (χ0n) is 13.1. The zero-order valence-corrected chi connectivity index (χ0v) is 13.8. The third-order valence-corrected chi connectivity index (χ3v) is 3.94. The summed E-state index contributed by atoms with van der Waals surface area (Å²) >= 11 is 5.94. The molecule has 25 heavy (non-hydrogen) atoms. The average molecular weight is 352 g/mol. The molecule has 0 fully saturated rings. The molecule has 0 bridgehead atoms. The average Bonchev–Trinajstić information content (AvgIpc) is 2.61. The summed E-state index contributed by atoms with van der Waals surface area (Å²) in [7, 11) is 0. The lowest BCUT2D eigenvalue weighted by Gasteiger charge is -2.12.